The summed E-state index contributed by atoms with van der Waals surface area (Å²) in [6, 6.07) is 1.29. The first-order valence-electron chi connectivity index (χ1n) is 9.57. The summed E-state index contributed by atoms with van der Waals surface area (Å²) in [6.45, 7) is 4.09. The number of aromatic nitrogens is 2. The van der Waals surface area contributed by atoms with Gasteiger partial charge >= 0.3 is 0 Å². The minimum absolute atomic E-state index is 0.0383. The highest BCUT2D eigenvalue weighted by molar-refractivity contribution is 5.92. The van der Waals surface area contributed by atoms with Crippen LogP contribution in [0.1, 0.15) is 36.2 Å². The van der Waals surface area contributed by atoms with Gasteiger partial charge in [0.05, 0.1) is 6.20 Å². The maximum Gasteiger partial charge on any atom is 0.274 e. The minimum Gasteiger partial charge on any atom is -0.337 e. The Kier molecular flexibility index (Phi) is 4.73. The molecule has 0 radical (unpaired) electrons. The van der Waals surface area contributed by atoms with Crippen molar-refractivity contribution < 1.29 is 4.79 Å². The van der Waals surface area contributed by atoms with Crippen molar-refractivity contribution in [1.29, 1.82) is 0 Å². The fraction of sp³-hybridized carbons (Fsp3) is 0.737. The smallest absolute Gasteiger partial charge is 0.274 e. The van der Waals surface area contributed by atoms with Gasteiger partial charge in [0.15, 0.2) is 0 Å². The molecule has 0 spiro atoms. The van der Waals surface area contributed by atoms with Crippen molar-refractivity contribution in [3.05, 3.63) is 24.3 Å². The van der Waals surface area contributed by atoms with Crippen LogP contribution in [0.2, 0.25) is 0 Å². The number of hydrogen-bond donors (Lipinski definition) is 0. The van der Waals surface area contributed by atoms with Crippen molar-refractivity contribution in [3.8, 4) is 0 Å². The van der Waals surface area contributed by atoms with Gasteiger partial charge in [0.25, 0.3) is 5.91 Å². The fourth-order valence-electron chi connectivity index (χ4n) is 4.68. The van der Waals surface area contributed by atoms with Gasteiger partial charge < -0.3 is 9.80 Å². The number of likely N-dealkylation sites (tertiary alicyclic amines) is 2. The molecule has 2 saturated heterocycles. The molecule has 3 heterocycles. The molecule has 3 fully saturated rings. The summed E-state index contributed by atoms with van der Waals surface area (Å²) in [5.41, 5.74) is 0.471. The largest absolute Gasteiger partial charge is 0.337 e. The van der Waals surface area contributed by atoms with Crippen LogP contribution in [0.15, 0.2) is 18.6 Å². The van der Waals surface area contributed by atoms with Gasteiger partial charge in [0.1, 0.15) is 5.69 Å². The lowest BCUT2D eigenvalue weighted by Gasteiger charge is -2.39. The van der Waals surface area contributed by atoms with E-state index in [1.54, 1.807) is 18.6 Å². The molecule has 1 saturated carbocycles. The van der Waals surface area contributed by atoms with E-state index in [0.29, 0.717) is 23.7 Å². The Morgan fingerprint density at radius 2 is 2.12 bits per heavy atom. The molecular weight excluding hydrogens is 314 g/mol. The van der Waals surface area contributed by atoms with Crippen LogP contribution >= 0.6 is 0 Å². The molecule has 3 aliphatic rings. The molecule has 0 aromatic carbocycles. The zero-order chi connectivity index (χ0) is 17.4. The quantitative estimate of drug-likeness (QED) is 0.808. The number of piperidine rings is 1. The van der Waals surface area contributed by atoms with E-state index in [9.17, 15) is 4.79 Å². The molecule has 3 atom stereocenters. The van der Waals surface area contributed by atoms with E-state index >= 15 is 0 Å². The first kappa shape index (κ1) is 16.9. The van der Waals surface area contributed by atoms with Crippen molar-refractivity contribution >= 4 is 5.91 Å². The Labute approximate surface area is 150 Å². The van der Waals surface area contributed by atoms with Crippen LogP contribution in [-0.2, 0) is 0 Å². The normalized spacial score (nSPS) is 29.9. The molecule has 0 bridgehead atoms. The van der Waals surface area contributed by atoms with E-state index in [1.807, 2.05) is 4.90 Å². The standard InChI is InChI=1S/C19H29N5O/c1-22(2)13-16-9-15-12-23(19(25)17-10-20-6-7-21-17)8-5-18(15)24(16)11-14-3-4-14/h6-7,10,14-16,18H,3-5,8-9,11-13H2,1-2H3/t15-,16+,18+/m1/s1. The Morgan fingerprint density at radius 1 is 1.28 bits per heavy atom. The van der Waals surface area contributed by atoms with Crippen LogP contribution in [0.4, 0.5) is 0 Å². The average molecular weight is 343 g/mol. The van der Waals surface area contributed by atoms with Crippen molar-refractivity contribution in [2.24, 2.45) is 11.8 Å². The molecule has 2 aliphatic heterocycles. The number of fused-ring (bicyclic) bond motifs is 1. The van der Waals surface area contributed by atoms with Crippen LogP contribution in [0, 0.1) is 11.8 Å². The first-order valence-corrected chi connectivity index (χ1v) is 9.57. The Morgan fingerprint density at radius 3 is 2.80 bits per heavy atom. The first-order chi connectivity index (χ1) is 12.1. The van der Waals surface area contributed by atoms with Crippen LogP contribution < -0.4 is 0 Å². The molecule has 1 aliphatic carbocycles. The molecule has 6 nitrogen and oxygen atoms in total. The lowest BCUT2D eigenvalue weighted by Crippen LogP contribution is -2.50. The topological polar surface area (TPSA) is 52.6 Å². The molecule has 1 aromatic rings. The third-order valence-electron chi connectivity index (χ3n) is 5.98. The monoisotopic (exact) mass is 343 g/mol. The second-order valence-electron chi connectivity index (χ2n) is 8.25. The average Bonchev–Trinajstić information content (AvgIpc) is 3.37. The lowest BCUT2D eigenvalue weighted by atomic mass is 9.92. The Hall–Kier alpha value is -1.53. The number of amides is 1. The van der Waals surface area contributed by atoms with E-state index in [-0.39, 0.29) is 5.91 Å². The number of rotatable bonds is 5. The van der Waals surface area contributed by atoms with Gasteiger partial charge in [0, 0.05) is 50.7 Å². The molecule has 1 aromatic heterocycles. The predicted octanol–water partition coefficient (Wildman–Crippen LogP) is 1.35. The molecule has 0 unspecified atom stereocenters. The van der Waals surface area contributed by atoms with Crippen molar-refractivity contribution in [1.82, 2.24) is 24.7 Å². The molecule has 136 valence electrons. The second kappa shape index (κ2) is 7.00. The molecule has 0 N–H and O–H groups in total. The molecule has 6 heteroatoms. The van der Waals surface area contributed by atoms with Gasteiger partial charge in [-0.2, -0.15) is 0 Å². The predicted molar refractivity (Wildman–Crippen MR) is 96.2 cm³/mol. The van der Waals surface area contributed by atoms with Gasteiger partial charge in [-0.25, -0.2) is 4.98 Å². The van der Waals surface area contributed by atoms with E-state index in [1.165, 1.54) is 25.8 Å². The maximum absolute atomic E-state index is 12.7. The summed E-state index contributed by atoms with van der Waals surface area (Å²) in [5.74, 6) is 1.55. The van der Waals surface area contributed by atoms with Crippen molar-refractivity contribution in [3.63, 3.8) is 0 Å². The van der Waals surface area contributed by atoms with Gasteiger partial charge in [-0.05, 0) is 51.6 Å². The van der Waals surface area contributed by atoms with E-state index < -0.39 is 0 Å². The van der Waals surface area contributed by atoms with Crippen molar-refractivity contribution in [2.45, 2.75) is 37.8 Å². The van der Waals surface area contributed by atoms with Gasteiger partial charge in [-0.3, -0.25) is 14.7 Å². The Bertz CT molecular complexity index is 603. The van der Waals surface area contributed by atoms with E-state index in [2.05, 4.69) is 33.9 Å². The number of hydrogen-bond acceptors (Lipinski definition) is 5. The van der Waals surface area contributed by atoms with E-state index in [0.717, 1.165) is 32.0 Å². The number of nitrogens with zero attached hydrogens (tertiary/aromatic N) is 5. The number of carbonyl (C=O) groups excluding carboxylic acids is 1. The van der Waals surface area contributed by atoms with E-state index in [4.69, 9.17) is 0 Å². The van der Waals surface area contributed by atoms with Gasteiger partial charge in [-0.15, -0.1) is 0 Å². The zero-order valence-corrected chi connectivity index (χ0v) is 15.3. The zero-order valence-electron chi connectivity index (χ0n) is 15.3. The summed E-state index contributed by atoms with van der Waals surface area (Å²) < 4.78 is 0. The molecular formula is C19H29N5O. The minimum atomic E-state index is 0.0383. The fourth-order valence-corrected chi connectivity index (χ4v) is 4.68. The highest BCUT2D eigenvalue weighted by Crippen LogP contribution is 2.40. The third-order valence-corrected chi connectivity index (χ3v) is 5.98. The second-order valence-corrected chi connectivity index (χ2v) is 8.25. The SMILES string of the molecule is CN(C)C[C@@H]1C[C@@H]2CN(C(=O)c3cnccn3)CC[C@@H]2N1CC1CC1. The van der Waals surface area contributed by atoms with Crippen LogP contribution in [-0.4, -0.2) is 82.9 Å². The maximum atomic E-state index is 12.7. The lowest BCUT2D eigenvalue weighted by molar-refractivity contribution is 0.0565. The molecule has 1 amide bonds. The molecule has 25 heavy (non-hydrogen) atoms. The highest BCUT2D eigenvalue weighted by Gasteiger charge is 2.46. The number of likely N-dealkylation sites (N-methyl/N-ethyl adjacent to an activating group) is 1. The van der Waals surface area contributed by atoms with Crippen molar-refractivity contribution in [2.75, 3.05) is 40.3 Å². The number of carbonyl (C=O) groups is 1. The summed E-state index contributed by atoms with van der Waals surface area (Å²) >= 11 is 0. The van der Waals surface area contributed by atoms with Gasteiger partial charge in [0.2, 0.25) is 0 Å². The third kappa shape index (κ3) is 3.70. The molecule has 4 rings (SSSR count). The summed E-state index contributed by atoms with van der Waals surface area (Å²) in [5, 5.41) is 0. The summed E-state index contributed by atoms with van der Waals surface area (Å²) in [4.78, 5) is 28.0. The van der Waals surface area contributed by atoms with Crippen LogP contribution in [0.25, 0.3) is 0 Å². The van der Waals surface area contributed by atoms with Gasteiger partial charge in [-0.1, -0.05) is 0 Å². The van der Waals surface area contributed by atoms with Crippen LogP contribution in [0.3, 0.4) is 0 Å². The van der Waals surface area contributed by atoms with Crippen LogP contribution in [0.5, 0.6) is 0 Å². The summed E-state index contributed by atoms with van der Waals surface area (Å²) in [7, 11) is 4.34. The summed E-state index contributed by atoms with van der Waals surface area (Å²) in [6.07, 6.45) is 9.89. The Balaban J connectivity index is 1.44. The highest BCUT2D eigenvalue weighted by atomic mass is 16.2.